The Bertz CT molecular complexity index is 636. The van der Waals surface area contributed by atoms with Gasteiger partial charge in [-0.15, -0.1) is 0 Å². The first kappa shape index (κ1) is 13.5. The molecule has 0 aliphatic heterocycles. The summed E-state index contributed by atoms with van der Waals surface area (Å²) in [5, 5.41) is 13.2. The van der Waals surface area contributed by atoms with Crippen molar-refractivity contribution in [3.63, 3.8) is 0 Å². The van der Waals surface area contributed by atoms with Gasteiger partial charge in [0.2, 0.25) is 0 Å². The van der Waals surface area contributed by atoms with Gasteiger partial charge in [0.1, 0.15) is 0 Å². The van der Waals surface area contributed by atoms with Gasteiger partial charge in [-0.25, -0.2) is 4.79 Å². The quantitative estimate of drug-likeness (QED) is 0.883. The molecule has 0 aliphatic rings. The summed E-state index contributed by atoms with van der Waals surface area (Å²) in [5.41, 5.74) is 3.91. The van der Waals surface area contributed by atoms with Crippen molar-refractivity contribution < 1.29 is 9.90 Å². The Hall–Kier alpha value is -1.94. The first-order valence-corrected chi connectivity index (χ1v) is 6.32. The number of carboxylic acid groups (broad SMARTS) is 1. The molecule has 2 aromatic rings. The highest BCUT2D eigenvalue weighted by atomic mass is 16.4. The molecule has 0 saturated heterocycles. The lowest BCUT2D eigenvalue weighted by Gasteiger charge is -2.11. The maximum atomic E-state index is 11.5. The van der Waals surface area contributed by atoms with Gasteiger partial charge in [0.05, 0.1) is 11.1 Å². The molecule has 0 aliphatic carbocycles. The lowest BCUT2D eigenvalue weighted by Crippen LogP contribution is -2.12. The Morgan fingerprint density at radius 3 is 2.63 bits per heavy atom. The third-order valence-corrected chi connectivity index (χ3v) is 3.29. The van der Waals surface area contributed by atoms with Crippen LogP contribution in [-0.4, -0.2) is 29.7 Å². The molecule has 0 saturated carbocycles. The van der Waals surface area contributed by atoms with E-state index < -0.39 is 5.97 Å². The fraction of sp³-hybridized carbons (Fsp3) is 0.333. The van der Waals surface area contributed by atoms with Crippen molar-refractivity contribution in [2.24, 2.45) is 0 Å². The van der Waals surface area contributed by atoms with Gasteiger partial charge in [0.15, 0.2) is 0 Å². The Morgan fingerprint density at radius 2 is 2.00 bits per heavy atom. The normalized spacial score (nSPS) is 10.9. The van der Waals surface area contributed by atoms with Crippen LogP contribution in [0.25, 0.3) is 10.9 Å². The van der Waals surface area contributed by atoms with E-state index in [2.05, 4.69) is 10.3 Å². The first-order valence-electron chi connectivity index (χ1n) is 6.32. The average Bonchev–Trinajstić information content (AvgIpc) is 2.39. The zero-order chi connectivity index (χ0) is 14.0. The zero-order valence-electron chi connectivity index (χ0n) is 11.4. The largest absolute Gasteiger partial charge is 0.478 e. The minimum Gasteiger partial charge on any atom is -0.478 e. The van der Waals surface area contributed by atoms with Gasteiger partial charge in [0, 0.05) is 24.0 Å². The van der Waals surface area contributed by atoms with Crippen LogP contribution in [0, 0.1) is 13.8 Å². The molecule has 0 bridgehead atoms. The van der Waals surface area contributed by atoms with Crippen molar-refractivity contribution in [1.82, 2.24) is 10.3 Å². The van der Waals surface area contributed by atoms with E-state index in [1.807, 2.05) is 33.0 Å². The molecule has 1 aromatic heterocycles. The molecule has 19 heavy (non-hydrogen) atoms. The van der Waals surface area contributed by atoms with Gasteiger partial charge in [-0.2, -0.15) is 0 Å². The van der Waals surface area contributed by atoms with Crippen LogP contribution < -0.4 is 5.32 Å². The molecular formula is C15H18N2O2. The molecular weight excluding hydrogens is 240 g/mol. The fourth-order valence-electron chi connectivity index (χ4n) is 2.24. The van der Waals surface area contributed by atoms with Crippen LogP contribution in [0.4, 0.5) is 0 Å². The Kier molecular flexibility index (Phi) is 3.81. The van der Waals surface area contributed by atoms with E-state index in [1.165, 1.54) is 0 Å². The van der Waals surface area contributed by atoms with E-state index in [4.69, 9.17) is 0 Å². The molecule has 4 nitrogen and oxygen atoms in total. The van der Waals surface area contributed by atoms with Crippen molar-refractivity contribution in [2.75, 3.05) is 13.6 Å². The van der Waals surface area contributed by atoms with Crippen LogP contribution in [0.3, 0.4) is 0 Å². The summed E-state index contributed by atoms with van der Waals surface area (Å²) in [7, 11) is 1.87. The molecule has 0 amide bonds. The van der Waals surface area contributed by atoms with Crippen LogP contribution in [0.1, 0.15) is 27.2 Å². The van der Waals surface area contributed by atoms with E-state index in [1.54, 1.807) is 6.07 Å². The van der Waals surface area contributed by atoms with E-state index in [0.29, 0.717) is 5.56 Å². The van der Waals surface area contributed by atoms with Crippen molar-refractivity contribution in [2.45, 2.75) is 20.3 Å². The number of hydrogen-bond acceptors (Lipinski definition) is 3. The number of benzene rings is 1. The SMILES string of the molecule is CNCCc1cc(C(=O)O)c2c(C)ccc(C)c2n1. The second kappa shape index (κ2) is 5.36. The summed E-state index contributed by atoms with van der Waals surface area (Å²) in [5.74, 6) is -0.896. The maximum Gasteiger partial charge on any atom is 0.336 e. The molecule has 0 atom stereocenters. The van der Waals surface area contributed by atoms with E-state index in [9.17, 15) is 9.90 Å². The predicted molar refractivity (Wildman–Crippen MR) is 75.8 cm³/mol. The van der Waals surface area contributed by atoms with Crippen molar-refractivity contribution in [1.29, 1.82) is 0 Å². The van der Waals surface area contributed by atoms with E-state index in [0.717, 1.165) is 40.7 Å². The summed E-state index contributed by atoms with van der Waals surface area (Å²) in [4.78, 5) is 16.1. The summed E-state index contributed by atoms with van der Waals surface area (Å²) >= 11 is 0. The highest BCUT2D eigenvalue weighted by molar-refractivity contribution is 6.04. The second-order valence-corrected chi connectivity index (χ2v) is 4.74. The number of aromatic nitrogens is 1. The van der Waals surface area contributed by atoms with E-state index in [-0.39, 0.29) is 0 Å². The number of fused-ring (bicyclic) bond motifs is 1. The molecule has 100 valence electrons. The summed E-state index contributed by atoms with van der Waals surface area (Å²) in [6, 6.07) is 5.62. The number of aromatic carboxylic acids is 1. The highest BCUT2D eigenvalue weighted by Gasteiger charge is 2.14. The summed E-state index contributed by atoms with van der Waals surface area (Å²) < 4.78 is 0. The molecule has 2 rings (SSSR count). The van der Waals surface area contributed by atoms with Crippen LogP contribution in [0.5, 0.6) is 0 Å². The van der Waals surface area contributed by atoms with Crippen LogP contribution in [0.2, 0.25) is 0 Å². The Balaban J connectivity index is 2.72. The van der Waals surface area contributed by atoms with Gasteiger partial charge in [0.25, 0.3) is 0 Å². The minimum atomic E-state index is -0.896. The van der Waals surface area contributed by atoms with Gasteiger partial charge in [-0.3, -0.25) is 4.98 Å². The molecule has 1 aromatic carbocycles. The van der Waals surface area contributed by atoms with E-state index >= 15 is 0 Å². The number of likely N-dealkylation sites (N-methyl/N-ethyl adjacent to an activating group) is 1. The van der Waals surface area contributed by atoms with Crippen LogP contribution >= 0.6 is 0 Å². The maximum absolute atomic E-state index is 11.5. The van der Waals surface area contributed by atoms with Gasteiger partial charge >= 0.3 is 5.97 Å². The monoisotopic (exact) mass is 258 g/mol. The van der Waals surface area contributed by atoms with Crippen LogP contribution in [0.15, 0.2) is 18.2 Å². The van der Waals surface area contributed by atoms with Crippen molar-refractivity contribution in [3.05, 3.63) is 40.6 Å². The topological polar surface area (TPSA) is 62.2 Å². The third kappa shape index (κ3) is 2.58. The third-order valence-electron chi connectivity index (χ3n) is 3.29. The van der Waals surface area contributed by atoms with Gasteiger partial charge in [-0.05, 0) is 38.1 Å². The highest BCUT2D eigenvalue weighted by Crippen LogP contribution is 2.25. The lowest BCUT2D eigenvalue weighted by molar-refractivity contribution is 0.0698. The number of rotatable bonds is 4. The molecule has 1 heterocycles. The number of aryl methyl sites for hydroxylation is 2. The number of carboxylic acids is 1. The van der Waals surface area contributed by atoms with Gasteiger partial charge < -0.3 is 10.4 Å². The van der Waals surface area contributed by atoms with Crippen LogP contribution in [-0.2, 0) is 6.42 Å². The average molecular weight is 258 g/mol. The number of nitrogens with one attached hydrogen (secondary N) is 1. The molecule has 2 N–H and O–H groups in total. The van der Waals surface area contributed by atoms with Gasteiger partial charge in [-0.1, -0.05) is 12.1 Å². The molecule has 0 spiro atoms. The Morgan fingerprint density at radius 1 is 1.32 bits per heavy atom. The number of nitrogens with zero attached hydrogens (tertiary/aromatic N) is 1. The summed E-state index contributed by atoms with van der Waals surface area (Å²) in [6.45, 7) is 4.66. The van der Waals surface area contributed by atoms with Crippen molar-refractivity contribution >= 4 is 16.9 Å². The number of hydrogen-bond donors (Lipinski definition) is 2. The molecule has 4 heteroatoms. The minimum absolute atomic E-state index is 0.345. The standard InChI is InChI=1S/C15H18N2O2/c1-9-4-5-10(2)14-13(9)12(15(18)19)8-11(17-14)6-7-16-3/h4-5,8,16H,6-7H2,1-3H3,(H,18,19). The fourth-order valence-corrected chi connectivity index (χ4v) is 2.24. The zero-order valence-corrected chi connectivity index (χ0v) is 11.4. The molecule has 0 radical (unpaired) electrons. The molecule has 0 fully saturated rings. The smallest absolute Gasteiger partial charge is 0.336 e. The number of pyridine rings is 1. The second-order valence-electron chi connectivity index (χ2n) is 4.74. The van der Waals surface area contributed by atoms with Crippen molar-refractivity contribution in [3.8, 4) is 0 Å². The molecule has 0 unspecified atom stereocenters. The lowest BCUT2D eigenvalue weighted by atomic mass is 9.99. The predicted octanol–water partition coefficient (Wildman–Crippen LogP) is 2.31. The first-order chi connectivity index (χ1) is 9.04. The number of carbonyl (C=O) groups is 1. The Labute approximate surface area is 112 Å². The summed E-state index contributed by atoms with van der Waals surface area (Å²) in [6.07, 6.45) is 0.722.